The van der Waals surface area contributed by atoms with Crippen molar-refractivity contribution < 1.29 is 9.47 Å². The summed E-state index contributed by atoms with van der Waals surface area (Å²) >= 11 is 0. The molecule has 31 heavy (non-hydrogen) atoms. The fourth-order valence-electron chi connectivity index (χ4n) is 3.11. The topological polar surface area (TPSA) is 18.5 Å². The molecule has 1 heterocycles. The molecule has 1 aromatic rings. The van der Waals surface area contributed by atoms with Gasteiger partial charge < -0.3 is 9.47 Å². The number of para-hydroxylation sites is 1. The second-order valence-electron chi connectivity index (χ2n) is 7.46. The Bertz CT molecular complexity index is 765. The molecule has 0 N–H and O–H groups in total. The number of fused-ring (bicyclic) bond motifs is 1. The maximum Gasteiger partial charge on any atom is 0.200 e. The predicted octanol–water partition coefficient (Wildman–Crippen LogP) is 8.40. The average Bonchev–Trinajstić information content (AvgIpc) is 2.80. The predicted molar refractivity (Wildman–Crippen MR) is 133 cm³/mol. The molecule has 0 fully saturated rings. The molecule has 2 nitrogen and oxygen atoms in total. The fraction of sp³-hybridized carbons (Fsp3) is 0.379. The number of rotatable bonds is 14. The summed E-state index contributed by atoms with van der Waals surface area (Å²) in [7, 11) is 0. The summed E-state index contributed by atoms with van der Waals surface area (Å²) in [5.74, 6) is 0.960. The first-order valence-corrected chi connectivity index (χ1v) is 11.7. The van der Waals surface area contributed by atoms with Gasteiger partial charge in [0.15, 0.2) is 6.29 Å². The smallest absolute Gasteiger partial charge is 0.200 e. The van der Waals surface area contributed by atoms with Crippen LogP contribution in [0.4, 0.5) is 0 Å². The van der Waals surface area contributed by atoms with Crippen LogP contribution in [0.5, 0.6) is 5.75 Å². The molecule has 1 aliphatic rings. The lowest BCUT2D eigenvalue weighted by Gasteiger charge is -2.25. The van der Waals surface area contributed by atoms with Crippen LogP contribution in [-0.4, -0.2) is 6.29 Å². The lowest BCUT2D eigenvalue weighted by atomic mass is 10.2. The Kier molecular flexibility index (Phi) is 13.6. The van der Waals surface area contributed by atoms with Crippen LogP contribution in [0.2, 0.25) is 0 Å². The third-order valence-corrected chi connectivity index (χ3v) is 4.82. The summed E-state index contributed by atoms with van der Waals surface area (Å²) in [4.78, 5) is 0. The van der Waals surface area contributed by atoms with Gasteiger partial charge in [-0.1, -0.05) is 98.0 Å². The van der Waals surface area contributed by atoms with Gasteiger partial charge >= 0.3 is 0 Å². The van der Waals surface area contributed by atoms with Crippen molar-refractivity contribution in [1.82, 2.24) is 0 Å². The molecule has 1 aromatic carbocycles. The fourth-order valence-corrected chi connectivity index (χ4v) is 3.11. The van der Waals surface area contributed by atoms with E-state index in [1.807, 2.05) is 18.2 Å². The van der Waals surface area contributed by atoms with Crippen molar-refractivity contribution in [1.29, 1.82) is 0 Å². The quantitative estimate of drug-likeness (QED) is 0.282. The molecule has 0 radical (unpaired) electrons. The van der Waals surface area contributed by atoms with E-state index in [4.69, 9.17) is 9.47 Å². The largest absolute Gasteiger partial charge is 0.465 e. The lowest BCUT2D eigenvalue weighted by molar-refractivity contribution is -0.110. The van der Waals surface area contributed by atoms with Crippen LogP contribution < -0.4 is 4.74 Å². The molecule has 2 rings (SSSR count). The molecular formula is C29H38O2. The summed E-state index contributed by atoms with van der Waals surface area (Å²) < 4.78 is 11.6. The Labute approximate surface area is 189 Å². The second-order valence-corrected chi connectivity index (χ2v) is 7.46. The highest BCUT2D eigenvalue weighted by atomic mass is 16.7. The van der Waals surface area contributed by atoms with E-state index in [9.17, 15) is 0 Å². The summed E-state index contributed by atoms with van der Waals surface area (Å²) in [6.07, 6.45) is 34.5. The summed E-state index contributed by atoms with van der Waals surface area (Å²) in [6.45, 7) is 2.80. The van der Waals surface area contributed by atoms with E-state index in [2.05, 4.69) is 85.9 Å². The van der Waals surface area contributed by atoms with Crippen LogP contribution in [-0.2, 0) is 11.3 Å². The molecule has 2 heteroatoms. The molecular weight excluding hydrogens is 380 g/mol. The van der Waals surface area contributed by atoms with Crippen molar-refractivity contribution in [2.45, 2.75) is 71.2 Å². The Hall–Kier alpha value is -2.58. The number of ether oxygens (including phenoxy) is 2. The molecule has 0 saturated heterocycles. The van der Waals surface area contributed by atoms with Gasteiger partial charge in [-0.05, 0) is 51.0 Å². The first kappa shape index (κ1) is 24.7. The van der Waals surface area contributed by atoms with Crippen molar-refractivity contribution in [3.05, 3.63) is 103 Å². The third-order valence-electron chi connectivity index (χ3n) is 4.82. The number of hydrogen-bond acceptors (Lipinski definition) is 2. The highest BCUT2D eigenvalue weighted by Crippen LogP contribution is 2.26. The Morgan fingerprint density at radius 1 is 0.710 bits per heavy atom. The van der Waals surface area contributed by atoms with Gasteiger partial charge in [-0.3, -0.25) is 0 Å². The SMILES string of the molecule is CC/C=C\C/C=C\C/C=C\C/C=C\C/C=C\C/C=C\CCC1OCc2ccccc2O1. The summed E-state index contributed by atoms with van der Waals surface area (Å²) in [5, 5.41) is 0. The van der Waals surface area contributed by atoms with Crippen LogP contribution in [0.1, 0.15) is 63.9 Å². The van der Waals surface area contributed by atoms with Crippen molar-refractivity contribution in [2.75, 3.05) is 0 Å². The van der Waals surface area contributed by atoms with Gasteiger partial charge in [0.1, 0.15) is 5.75 Å². The Morgan fingerprint density at radius 3 is 1.81 bits per heavy atom. The third kappa shape index (κ3) is 12.0. The molecule has 0 spiro atoms. The highest BCUT2D eigenvalue weighted by Gasteiger charge is 2.18. The zero-order chi connectivity index (χ0) is 21.8. The average molecular weight is 419 g/mol. The lowest BCUT2D eigenvalue weighted by Crippen LogP contribution is -2.25. The van der Waals surface area contributed by atoms with E-state index in [-0.39, 0.29) is 6.29 Å². The molecule has 0 saturated carbocycles. The zero-order valence-electron chi connectivity index (χ0n) is 19.0. The molecule has 166 valence electrons. The van der Waals surface area contributed by atoms with Crippen molar-refractivity contribution in [3.8, 4) is 5.75 Å². The number of allylic oxidation sites excluding steroid dienone is 12. The molecule has 0 amide bonds. The monoisotopic (exact) mass is 418 g/mol. The molecule has 1 unspecified atom stereocenters. The summed E-state index contributed by atoms with van der Waals surface area (Å²) in [6, 6.07) is 8.09. The van der Waals surface area contributed by atoms with Crippen LogP contribution in [0.25, 0.3) is 0 Å². The van der Waals surface area contributed by atoms with Crippen molar-refractivity contribution in [3.63, 3.8) is 0 Å². The Balaban J connectivity index is 1.44. The first-order valence-electron chi connectivity index (χ1n) is 11.7. The van der Waals surface area contributed by atoms with Gasteiger partial charge in [-0.2, -0.15) is 0 Å². The van der Waals surface area contributed by atoms with Gasteiger partial charge in [-0.15, -0.1) is 0 Å². The second kappa shape index (κ2) is 17.1. The van der Waals surface area contributed by atoms with Gasteiger partial charge in [0.25, 0.3) is 0 Å². The molecule has 1 aliphatic heterocycles. The van der Waals surface area contributed by atoms with E-state index in [1.165, 1.54) is 0 Å². The standard InChI is InChI=1S/C29H38O2/c1-2-3-4-5-6-7-8-9-10-11-12-13-14-15-16-17-18-19-20-25-29-30-26-27-23-21-22-24-28(27)31-29/h3-4,6-7,9-10,12-13,15-16,18-19,21-24,29H,2,5,8,11,14,17,20,25-26H2,1H3/b4-3-,7-6-,10-9-,13-12-,16-15-,19-18-. The number of benzene rings is 1. The molecule has 0 bridgehead atoms. The summed E-state index contributed by atoms with van der Waals surface area (Å²) in [5.41, 5.74) is 1.13. The van der Waals surface area contributed by atoms with Crippen LogP contribution >= 0.6 is 0 Å². The minimum absolute atomic E-state index is 0.131. The van der Waals surface area contributed by atoms with E-state index in [0.717, 1.165) is 62.7 Å². The van der Waals surface area contributed by atoms with E-state index >= 15 is 0 Å². The van der Waals surface area contributed by atoms with E-state index in [1.54, 1.807) is 0 Å². The van der Waals surface area contributed by atoms with Gasteiger partial charge in [0.05, 0.1) is 6.61 Å². The van der Waals surface area contributed by atoms with Gasteiger partial charge in [0, 0.05) is 12.0 Å². The minimum Gasteiger partial charge on any atom is -0.465 e. The minimum atomic E-state index is -0.131. The van der Waals surface area contributed by atoms with Crippen molar-refractivity contribution >= 4 is 0 Å². The zero-order valence-corrected chi connectivity index (χ0v) is 19.0. The number of hydrogen-bond donors (Lipinski definition) is 0. The van der Waals surface area contributed by atoms with Crippen molar-refractivity contribution in [2.24, 2.45) is 0 Å². The van der Waals surface area contributed by atoms with Gasteiger partial charge in [0.2, 0.25) is 0 Å². The Morgan fingerprint density at radius 2 is 1.23 bits per heavy atom. The normalized spacial score (nSPS) is 17.1. The van der Waals surface area contributed by atoms with E-state index < -0.39 is 0 Å². The van der Waals surface area contributed by atoms with Crippen LogP contribution in [0.15, 0.2) is 97.2 Å². The highest BCUT2D eigenvalue weighted by molar-refractivity contribution is 5.33. The maximum absolute atomic E-state index is 5.88. The first-order chi connectivity index (χ1) is 15.4. The van der Waals surface area contributed by atoms with E-state index in [0.29, 0.717) is 6.61 Å². The maximum atomic E-state index is 5.88. The van der Waals surface area contributed by atoms with Crippen LogP contribution in [0, 0.1) is 0 Å². The molecule has 0 aromatic heterocycles. The van der Waals surface area contributed by atoms with Gasteiger partial charge in [-0.25, -0.2) is 0 Å². The van der Waals surface area contributed by atoms with Crippen LogP contribution in [0.3, 0.4) is 0 Å². The molecule has 1 atom stereocenters. The molecule has 0 aliphatic carbocycles.